The molecule has 0 amide bonds. The largest absolute Gasteiger partial charge is 0.457 e. The third-order valence-corrected chi connectivity index (χ3v) is 3.95. The number of rotatable bonds is 4. The molecule has 2 rings (SSSR count). The Morgan fingerprint density at radius 3 is 2.80 bits per heavy atom. The van der Waals surface area contributed by atoms with Crippen molar-refractivity contribution in [3.63, 3.8) is 0 Å². The summed E-state index contributed by atoms with van der Waals surface area (Å²) in [5.41, 5.74) is 0.0114. The zero-order valence-electron chi connectivity index (χ0n) is 12.2. The Hall–Kier alpha value is -1.42. The van der Waals surface area contributed by atoms with Crippen molar-refractivity contribution in [1.82, 2.24) is 0 Å². The molecule has 0 aliphatic heterocycles. The van der Waals surface area contributed by atoms with Crippen molar-refractivity contribution >= 4 is 5.97 Å². The standard InChI is InChI=1S/C16H21FO3/c1-11(2)16(17)13-7-5-4-6-12(13)8-9-14(16)20-15(18)10-19-3/h4-7,11,14H,8-10H2,1-3H3. The second-order valence-corrected chi connectivity index (χ2v) is 5.53. The zero-order valence-corrected chi connectivity index (χ0v) is 12.2. The molecule has 1 aromatic carbocycles. The van der Waals surface area contributed by atoms with Gasteiger partial charge >= 0.3 is 5.97 Å². The molecule has 0 bridgehead atoms. The zero-order chi connectivity index (χ0) is 14.8. The molecule has 0 heterocycles. The van der Waals surface area contributed by atoms with Crippen LogP contribution in [-0.4, -0.2) is 25.8 Å². The van der Waals surface area contributed by atoms with Crippen LogP contribution < -0.4 is 0 Å². The number of hydrogen-bond donors (Lipinski definition) is 0. The number of methoxy groups -OCH3 is 1. The molecule has 0 fully saturated rings. The van der Waals surface area contributed by atoms with Gasteiger partial charge < -0.3 is 9.47 Å². The summed E-state index contributed by atoms with van der Waals surface area (Å²) in [5.74, 6) is -0.788. The molecule has 0 N–H and O–H groups in total. The Bertz CT molecular complexity index is 486. The molecule has 20 heavy (non-hydrogen) atoms. The van der Waals surface area contributed by atoms with Crippen LogP contribution in [0.3, 0.4) is 0 Å². The molecule has 1 aliphatic rings. The predicted molar refractivity (Wildman–Crippen MR) is 74.1 cm³/mol. The van der Waals surface area contributed by atoms with Gasteiger partial charge in [-0.25, -0.2) is 9.18 Å². The Morgan fingerprint density at radius 2 is 2.15 bits per heavy atom. The first-order chi connectivity index (χ1) is 9.50. The van der Waals surface area contributed by atoms with Crippen molar-refractivity contribution < 1.29 is 18.7 Å². The maximum absolute atomic E-state index is 15.6. The van der Waals surface area contributed by atoms with Gasteiger partial charge in [-0.2, -0.15) is 0 Å². The van der Waals surface area contributed by atoms with Crippen molar-refractivity contribution in [2.24, 2.45) is 5.92 Å². The van der Waals surface area contributed by atoms with Gasteiger partial charge in [-0.1, -0.05) is 38.1 Å². The highest BCUT2D eigenvalue weighted by atomic mass is 19.1. The summed E-state index contributed by atoms with van der Waals surface area (Å²) in [6, 6.07) is 7.48. The highest BCUT2D eigenvalue weighted by Gasteiger charge is 2.49. The summed E-state index contributed by atoms with van der Waals surface area (Å²) >= 11 is 0. The predicted octanol–water partition coefficient (Wildman–Crippen LogP) is 3.01. The van der Waals surface area contributed by atoms with E-state index in [1.165, 1.54) is 7.11 Å². The number of esters is 1. The molecular weight excluding hydrogens is 259 g/mol. The van der Waals surface area contributed by atoms with E-state index in [-0.39, 0.29) is 12.5 Å². The third kappa shape index (κ3) is 2.57. The van der Waals surface area contributed by atoms with Crippen LogP contribution in [0.15, 0.2) is 24.3 Å². The van der Waals surface area contributed by atoms with E-state index in [0.29, 0.717) is 12.0 Å². The van der Waals surface area contributed by atoms with Crippen molar-refractivity contribution in [3.05, 3.63) is 35.4 Å². The van der Waals surface area contributed by atoms with E-state index < -0.39 is 17.7 Å². The lowest BCUT2D eigenvalue weighted by molar-refractivity contribution is -0.168. The van der Waals surface area contributed by atoms with Crippen LogP contribution in [0.5, 0.6) is 0 Å². The van der Waals surface area contributed by atoms with Gasteiger partial charge in [0.25, 0.3) is 0 Å². The smallest absolute Gasteiger partial charge is 0.332 e. The normalized spacial score (nSPS) is 25.4. The summed E-state index contributed by atoms with van der Waals surface area (Å²) < 4.78 is 25.7. The van der Waals surface area contributed by atoms with Gasteiger partial charge in [0.2, 0.25) is 0 Å². The highest BCUT2D eigenvalue weighted by Crippen LogP contribution is 2.45. The SMILES string of the molecule is COCC(=O)OC1CCc2ccccc2C1(F)C(C)C. The molecule has 1 aromatic rings. The fourth-order valence-corrected chi connectivity index (χ4v) is 2.92. The average molecular weight is 280 g/mol. The number of aryl methyl sites for hydroxylation is 1. The second-order valence-electron chi connectivity index (χ2n) is 5.53. The fraction of sp³-hybridized carbons (Fsp3) is 0.562. The molecule has 0 saturated heterocycles. The summed E-state index contributed by atoms with van der Waals surface area (Å²) in [4.78, 5) is 11.6. The van der Waals surface area contributed by atoms with Crippen LogP contribution >= 0.6 is 0 Å². The van der Waals surface area contributed by atoms with E-state index in [2.05, 4.69) is 0 Å². The maximum Gasteiger partial charge on any atom is 0.332 e. The summed E-state index contributed by atoms with van der Waals surface area (Å²) in [5, 5.41) is 0. The van der Waals surface area contributed by atoms with E-state index in [4.69, 9.17) is 9.47 Å². The number of benzene rings is 1. The number of alkyl halides is 1. The van der Waals surface area contributed by atoms with Gasteiger partial charge in [-0.3, -0.25) is 0 Å². The van der Waals surface area contributed by atoms with E-state index in [0.717, 1.165) is 12.0 Å². The van der Waals surface area contributed by atoms with Crippen LogP contribution in [0, 0.1) is 5.92 Å². The molecule has 0 spiro atoms. The fourth-order valence-electron chi connectivity index (χ4n) is 2.92. The van der Waals surface area contributed by atoms with Crippen molar-refractivity contribution in [2.45, 2.75) is 38.5 Å². The van der Waals surface area contributed by atoms with E-state index in [1.807, 2.05) is 32.0 Å². The molecule has 4 heteroatoms. The lowest BCUT2D eigenvalue weighted by Gasteiger charge is -2.41. The number of fused-ring (bicyclic) bond motifs is 1. The van der Waals surface area contributed by atoms with E-state index in [1.54, 1.807) is 6.07 Å². The van der Waals surface area contributed by atoms with Crippen LogP contribution in [0.4, 0.5) is 4.39 Å². The first-order valence-electron chi connectivity index (χ1n) is 6.95. The minimum Gasteiger partial charge on any atom is -0.457 e. The molecule has 0 aromatic heterocycles. The lowest BCUT2D eigenvalue weighted by atomic mass is 9.72. The number of carbonyl (C=O) groups is 1. The van der Waals surface area contributed by atoms with Crippen LogP contribution in [0.25, 0.3) is 0 Å². The van der Waals surface area contributed by atoms with Gasteiger partial charge in [-0.05, 0) is 29.9 Å². The number of carbonyl (C=O) groups excluding carboxylic acids is 1. The van der Waals surface area contributed by atoms with Gasteiger partial charge in [0.1, 0.15) is 12.7 Å². The van der Waals surface area contributed by atoms with E-state index in [9.17, 15) is 4.79 Å². The first kappa shape index (κ1) is 15.0. The topological polar surface area (TPSA) is 35.5 Å². The number of hydrogen-bond acceptors (Lipinski definition) is 3. The first-order valence-corrected chi connectivity index (χ1v) is 6.95. The number of halogens is 1. The quantitative estimate of drug-likeness (QED) is 0.795. The molecule has 3 nitrogen and oxygen atoms in total. The third-order valence-electron chi connectivity index (χ3n) is 3.95. The molecule has 0 radical (unpaired) electrons. The summed E-state index contributed by atoms with van der Waals surface area (Å²) in [6.07, 6.45) is 0.473. The molecule has 2 atom stereocenters. The molecule has 1 aliphatic carbocycles. The highest BCUT2D eigenvalue weighted by molar-refractivity contribution is 5.71. The monoisotopic (exact) mass is 280 g/mol. The minimum absolute atomic E-state index is 0.147. The van der Waals surface area contributed by atoms with Gasteiger partial charge in [0, 0.05) is 7.11 Å². The Kier molecular flexibility index (Phi) is 4.43. The number of ether oxygens (including phenoxy) is 2. The summed E-state index contributed by atoms with van der Waals surface area (Å²) in [7, 11) is 1.42. The maximum atomic E-state index is 15.6. The minimum atomic E-state index is -1.64. The van der Waals surface area contributed by atoms with Crippen LogP contribution in [0.1, 0.15) is 31.4 Å². The van der Waals surface area contributed by atoms with E-state index >= 15 is 4.39 Å². The van der Waals surface area contributed by atoms with Crippen LogP contribution in [-0.2, 0) is 26.4 Å². The van der Waals surface area contributed by atoms with Gasteiger partial charge in [-0.15, -0.1) is 0 Å². The molecule has 0 saturated carbocycles. The van der Waals surface area contributed by atoms with Crippen molar-refractivity contribution in [3.8, 4) is 0 Å². The van der Waals surface area contributed by atoms with Gasteiger partial charge in [0.15, 0.2) is 5.67 Å². The van der Waals surface area contributed by atoms with Crippen molar-refractivity contribution in [1.29, 1.82) is 0 Å². The molecule has 2 unspecified atom stereocenters. The molecule has 110 valence electrons. The Balaban J connectivity index is 2.33. The molecular formula is C16H21FO3. The Morgan fingerprint density at radius 1 is 1.45 bits per heavy atom. The van der Waals surface area contributed by atoms with Crippen molar-refractivity contribution in [2.75, 3.05) is 13.7 Å². The Labute approximate surface area is 119 Å². The van der Waals surface area contributed by atoms with Gasteiger partial charge in [0.05, 0.1) is 0 Å². The van der Waals surface area contributed by atoms with Crippen LogP contribution in [0.2, 0.25) is 0 Å². The average Bonchev–Trinajstić information content (AvgIpc) is 2.42. The second kappa shape index (κ2) is 5.92. The lowest BCUT2D eigenvalue weighted by Crippen LogP contribution is -2.46. The summed E-state index contributed by atoms with van der Waals surface area (Å²) in [6.45, 7) is 3.49.